The maximum Gasteiger partial charge on any atom is 0.0986 e. The zero-order valence-electron chi connectivity index (χ0n) is 11.4. The van der Waals surface area contributed by atoms with Crippen LogP contribution in [0.4, 0.5) is 0 Å². The number of allylic oxidation sites excluding steroid dienone is 1. The number of benzene rings is 1. The summed E-state index contributed by atoms with van der Waals surface area (Å²) < 4.78 is 1.94. The van der Waals surface area contributed by atoms with Gasteiger partial charge in [0.15, 0.2) is 0 Å². The van der Waals surface area contributed by atoms with Crippen LogP contribution in [0.3, 0.4) is 0 Å². The van der Waals surface area contributed by atoms with E-state index in [1.54, 1.807) is 18.6 Å². The molecule has 0 radical (unpaired) electrons. The van der Waals surface area contributed by atoms with Gasteiger partial charge in [0.25, 0.3) is 0 Å². The summed E-state index contributed by atoms with van der Waals surface area (Å²) in [5, 5.41) is 1.33. The number of hydrogen-bond donors (Lipinski definition) is 0. The van der Waals surface area contributed by atoms with Crippen molar-refractivity contribution in [3.8, 4) is 0 Å². The molecule has 1 heterocycles. The minimum Gasteiger partial charge on any atom is -0.313 e. The Morgan fingerprint density at radius 2 is 2.15 bits per heavy atom. The van der Waals surface area contributed by atoms with Gasteiger partial charge in [0, 0.05) is 28.6 Å². The fourth-order valence-corrected chi connectivity index (χ4v) is 2.43. The molecule has 5 heteroatoms. The molecule has 0 saturated carbocycles. The summed E-state index contributed by atoms with van der Waals surface area (Å²) >= 11 is 12.3. The molecule has 0 aliphatic rings. The summed E-state index contributed by atoms with van der Waals surface area (Å²) in [6.45, 7) is 4.35. The van der Waals surface area contributed by atoms with Crippen molar-refractivity contribution in [3.05, 3.63) is 52.5 Å². The molecule has 0 saturated heterocycles. The highest BCUT2D eigenvalue weighted by atomic mass is 35.5. The number of imidazole rings is 1. The molecule has 20 heavy (non-hydrogen) atoms. The molecule has 0 aliphatic carbocycles. The second kappa shape index (κ2) is 7.72. The third kappa shape index (κ3) is 4.02. The lowest BCUT2D eigenvalue weighted by molar-refractivity contribution is 0.718. The van der Waals surface area contributed by atoms with E-state index in [9.17, 15) is 0 Å². The molecule has 0 N–H and O–H groups in total. The zero-order valence-corrected chi connectivity index (χ0v) is 13.7. The van der Waals surface area contributed by atoms with Crippen LogP contribution in [0, 0.1) is 5.92 Å². The first-order valence-electron chi connectivity index (χ1n) is 6.26. The van der Waals surface area contributed by atoms with Gasteiger partial charge in [-0.1, -0.05) is 43.1 Å². The van der Waals surface area contributed by atoms with Crippen molar-refractivity contribution >= 4 is 47.4 Å². The summed E-state index contributed by atoms with van der Waals surface area (Å²) in [6.07, 6.45) is 8.54. The van der Waals surface area contributed by atoms with Crippen LogP contribution in [0.15, 0.2) is 36.9 Å². The summed E-state index contributed by atoms with van der Waals surface area (Å²) in [5.74, 6) is 0.404. The van der Waals surface area contributed by atoms with Gasteiger partial charge in [0.05, 0.1) is 6.33 Å². The highest BCUT2D eigenvalue weighted by Crippen LogP contribution is 2.33. The van der Waals surface area contributed by atoms with E-state index in [1.165, 1.54) is 5.57 Å². The largest absolute Gasteiger partial charge is 0.313 e. The molecule has 1 aromatic carbocycles. The van der Waals surface area contributed by atoms with Crippen molar-refractivity contribution < 1.29 is 0 Å². The van der Waals surface area contributed by atoms with Crippen molar-refractivity contribution in [1.82, 2.24) is 9.55 Å². The smallest absolute Gasteiger partial charge is 0.0986 e. The predicted octanol–water partition coefficient (Wildman–Crippen LogP) is 5.66. The summed E-state index contributed by atoms with van der Waals surface area (Å²) in [7, 11) is 0. The Labute approximate surface area is 135 Å². The Hall–Kier alpha value is -0.960. The summed E-state index contributed by atoms with van der Waals surface area (Å²) in [6, 6.07) is 5.62. The lowest BCUT2D eigenvalue weighted by Gasteiger charge is -2.16. The molecule has 2 nitrogen and oxygen atoms in total. The summed E-state index contributed by atoms with van der Waals surface area (Å²) in [5.41, 5.74) is 2.20. The SMILES string of the molecule is CCC(C)/C(=C\n1ccnc1)c1ccc(Cl)cc1Cl.Cl. The number of aromatic nitrogens is 2. The first-order valence-corrected chi connectivity index (χ1v) is 7.02. The Kier molecular flexibility index (Phi) is 6.60. The van der Waals surface area contributed by atoms with Crippen LogP contribution in [-0.2, 0) is 0 Å². The zero-order chi connectivity index (χ0) is 13.8. The Morgan fingerprint density at radius 1 is 1.40 bits per heavy atom. The maximum atomic E-state index is 6.32. The third-order valence-electron chi connectivity index (χ3n) is 3.20. The van der Waals surface area contributed by atoms with Gasteiger partial charge in [0.1, 0.15) is 0 Å². The van der Waals surface area contributed by atoms with Crippen LogP contribution in [-0.4, -0.2) is 9.55 Å². The third-order valence-corrected chi connectivity index (χ3v) is 3.75. The second-order valence-electron chi connectivity index (χ2n) is 4.53. The Bertz CT molecular complexity index is 577. The number of rotatable bonds is 4. The van der Waals surface area contributed by atoms with Crippen LogP contribution in [0.5, 0.6) is 0 Å². The van der Waals surface area contributed by atoms with E-state index in [-0.39, 0.29) is 12.4 Å². The van der Waals surface area contributed by atoms with Gasteiger partial charge in [-0.15, -0.1) is 12.4 Å². The highest BCUT2D eigenvalue weighted by Gasteiger charge is 2.13. The number of halogens is 3. The van der Waals surface area contributed by atoms with Crippen molar-refractivity contribution in [2.24, 2.45) is 5.92 Å². The van der Waals surface area contributed by atoms with Crippen molar-refractivity contribution in [2.45, 2.75) is 20.3 Å². The maximum absolute atomic E-state index is 6.32. The molecular weight excluding hydrogens is 315 g/mol. The van der Waals surface area contributed by atoms with E-state index in [1.807, 2.05) is 22.9 Å². The van der Waals surface area contributed by atoms with E-state index in [0.29, 0.717) is 16.0 Å². The molecular formula is C15H17Cl3N2. The molecule has 1 unspecified atom stereocenters. The normalized spacial score (nSPS) is 12.9. The molecule has 2 aromatic rings. The van der Waals surface area contributed by atoms with Gasteiger partial charge in [-0.25, -0.2) is 4.98 Å². The van der Waals surface area contributed by atoms with Crippen molar-refractivity contribution in [2.75, 3.05) is 0 Å². The first kappa shape index (κ1) is 17.1. The van der Waals surface area contributed by atoms with E-state index < -0.39 is 0 Å². The molecule has 0 aliphatic heterocycles. The van der Waals surface area contributed by atoms with Crippen LogP contribution in [0.2, 0.25) is 10.0 Å². The first-order chi connectivity index (χ1) is 9.11. The molecule has 1 aromatic heterocycles. The topological polar surface area (TPSA) is 17.8 Å². The molecule has 0 fully saturated rings. The van der Waals surface area contributed by atoms with Crippen LogP contribution in [0.1, 0.15) is 25.8 Å². The molecule has 2 rings (SSSR count). The van der Waals surface area contributed by atoms with Crippen LogP contribution >= 0.6 is 35.6 Å². The minimum atomic E-state index is 0. The van der Waals surface area contributed by atoms with Gasteiger partial charge in [0.2, 0.25) is 0 Å². The minimum absolute atomic E-state index is 0. The molecule has 0 bridgehead atoms. The Balaban J connectivity index is 0.00000200. The second-order valence-corrected chi connectivity index (χ2v) is 5.37. The van der Waals surface area contributed by atoms with Gasteiger partial charge in [-0.3, -0.25) is 0 Å². The molecule has 0 amide bonds. The number of nitrogens with zero attached hydrogens (tertiary/aromatic N) is 2. The van der Waals surface area contributed by atoms with Gasteiger partial charge in [-0.2, -0.15) is 0 Å². The van der Waals surface area contributed by atoms with Gasteiger partial charge < -0.3 is 4.57 Å². The predicted molar refractivity (Wildman–Crippen MR) is 89.6 cm³/mol. The average Bonchev–Trinajstić information content (AvgIpc) is 2.89. The van der Waals surface area contributed by atoms with Crippen LogP contribution < -0.4 is 0 Å². The fourth-order valence-electron chi connectivity index (χ4n) is 1.91. The van der Waals surface area contributed by atoms with Crippen molar-refractivity contribution in [1.29, 1.82) is 0 Å². The average molecular weight is 332 g/mol. The molecule has 0 spiro atoms. The fraction of sp³-hybridized carbons (Fsp3) is 0.267. The Morgan fingerprint density at radius 3 is 2.70 bits per heavy atom. The highest BCUT2D eigenvalue weighted by molar-refractivity contribution is 6.35. The van der Waals surface area contributed by atoms with E-state index in [2.05, 4.69) is 25.0 Å². The number of hydrogen-bond acceptors (Lipinski definition) is 1. The lowest BCUT2D eigenvalue weighted by atomic mass is 9.92. The van der Waals surface area contributed by atoms with E-state index in [4.69, 9.17) is 23.2 Å². The van der Waals surface area contributed by atoms with E-state index >= 15 is 0 Å². The quantitative estimate of drug-likeness (QED) is 0.707. The monoisotopic (exact) mass is 330 g/mol. The molecule has 1 atom stereocenters. The van der Waals surface area contributed by atoms with Crippen molar-refractivity contribution in [3.63, 3.8) is 0 Å². The standard InChI is InChI=1S/C15H16Cl2N2.ClH/c1-3-11(2)14(9-19-7-6-18-10-19)13-5-4-12(16)8-15(13)17;/h4-11H,3H2,1-2H3;1H/b14-9+;. The summed E-state index contributed by atoms with van der Waals surface area (Å²) in [4.78, 5) is 4.05. The van der Waals surface area contributed by atoms with Gasteiger partial charge >= 0.3 is 0 Å². The van der Waals surface area contributed by atoms with Crippen LogP contribution in [0.25, 0.3) is 11.8 Å². The molecule has 108 valence electrons. The van der Waals surface area contributed by atoms with Gasteiger partial charge in [-0.05, 0) is 35.6 Å². The van der Waals surface area contributed by atoms with E-state index in [0.717, 1.165) is 12.0 Å². The lowest BCUT2D eigenvalue weighted by Crippen LogP contribution is -2.00.